The third kappa shape index (κ3) is 6.53. The molecule has 0 fully saturated rings. The van der Waals surface area contributed by atoms with Gasteiger partial charge in [0.1, 0.15) is 5.75 Å². The number of aromatic nitrogens is 4. The number of hydrogen-bond donors (Lipinski definition) is 1. The van der Waals surface area contributed by atoms with E-state index in [4.69, 9.17) is 9.47 Å². The third-order valence-corrected chi connectivity index (χ3v) is 5.88. The van der Waals surface area contributed by atoms with Crippen LogP contribution in [0.5, 0.6) is 5.75 Å². The quantitative estimate of drug-likeness (QED) is 0.362. The number of carbonyl (C=O) groups excluding carboxylic acids is 2. The monoisotopic (exact) mass is 461 g/mol. The topological polar surface area (TPSA) is 108 Å². The predicted octanol–water partition coefficient (Wildman–Crippen LogP) is 3.25. The van der Waals surface area contributed by atoms with Gasteiger partial charge in [-0.25, -0.2) is 4.98 Å². The van der Waals surface area contributed by atoms with Gasteiger partial charge < -0.3 is 19.4 Å². The van der Waals surface area contributed by atoms with Crippen molar-refractivity contribution in [3.05, 3.63) is 47.2 Å². The summed E-state index contributed by atoms with van der Waals surface area (Å²) < 4.78 is 12.6. The van der Waals surface area contributed by atoms with Gasteiger partial charge >= 0.3 is 5.97 Å². The van der Waals surface area contributed by atoms with E-state index in [0.29, 0.717) is 28.4 Å². The second-order valence-corrected chi connectivity index (χ2v) is 8.24. The number of ether oxygens (including phenoxy) is 2. The van der Waals surface area contributed by atoms with Crippen molar-refractivity contribution in [2.75, 3.05) is 17.7 Å². The highest BCUT2D eigenvalue weighted by atomic mass is 32.2. The van der Waals surface area contributed by atoms with E-state index >= 15 is 0 Å². The Hall–Kier alpha value is -2.92. The lowest BCUT2D eigenvalue weighted by Gasteiger charge is -2.14. The molecule has 11 heteroatoms. The van der Waals surface area contributed by atoms with Gasteiger partial charge in [-0.1, -0.05) is 30.0 Å². The highest BCUT2D eigenvalue weighted by molar-refractivity contribution is 7.99. The van der Waals surface area contributed by atoms with E-state index in [0.717, 1.165) is 5.75 Å². The molecule has 9 nitrogen and oxygen atoms in total. The Morgan fingerprint density at radius 2 is 2.03 bits per heavy atom. The third-order valence-electron chi connectivity index (χ3n) is 4.05. The number of esters is 1. The number of amides is 1. The van der Waals surface area contributed by atoms with Gasteiger partial charge in [-0.2, -0.15) is 0 Å². The molecular formula is C20H23N5O4S2. The largest absolute Gasteiger partial charge is 0.483 e. The molecule has 0 bridgehead atoms. The number of anilines is 1. The Bertz CT molecular complexity index is 1020. The van der Waals surface area contributed by atoms with E-state index in [1.807, 2.05) is 48.9 Å². The van der Waals surface area contributed by atoms with Gasteiger partial charge in [-0.15, -0.1) is 21.5 Å². The molecule has 0 aliphatic rings. The first kappa shape index (κ1) is 22.8. The summed E-state index contributed by atoms with van der Waals surface area (Å²) in [5.74, 6) is 0.991. The summed E-state index contributed by atoms with van der Waals surface area (Å²) in [5.41, 5.74) is 0.566. The minimum atomic E-state index is -0.343. The fourth-order valence-electron chi connectivity index (χ4n) is 2.65. The second kappa shape index (κ2) is 10.9. The Kier molecular flexibility index (Phi) is 8.01. The lowest BCUT2D eigenvalue weighted by Crippen LogP contribution is -2.15. The SMILES string of the molecule is CCOC(=O)Cc1csc(NC(=O)CSc2nnc(C(C)Oc3ccccc3)n2C)n1. The van der Waals surface area contributed by atoms with Gasteiger partial charge in [0.05, 0.1) is 24.5 Å². The van der Waals surface area contributed by atoms with Crippen molar-refractivity contribution >= 4 is 40.1 Å². The first-order chi connectivity index (χ1) is 15.0. The van der Waals surface area contributed by atoms with E-state index in [1.54, 1.807) is 12.3 Å². The zero-order valence-electron chi connectivity index (χ0n) is 17.4. The minimum Gasteiger partial charge on any atom is -0.483 e. The standard InChI is InChI=1S/C20H23N5O4S2/c1-4-28-17(27)10-14-11-30-19(21-14)22-16(26)12-31-20-24-23-18(25(20)3)13(2)29-15-8-6-5-7-9-15/h5-9,11,13H,4,10,12H2,1-3H3,(H,21,22,26). The van der Waals surface area contributed by atoms with E-state index in [1.165, 1.54) is 23.1 Å². The average molecular weight is 462 g/mol. The molecule has 0 aliphatic carbocycles. The maximum Gasteiger partial charge on any atom is 0.311 e. The van der Waals surface area contributed by atoms with E-state index in [9.17, 15) is 9.59 Å². The van der Waals surface area contributed by atoms with Crippen molar-refractivity contribution < 1.29 is 19.1 Å². The number of carbonyl (C=O) groups is 2. The van der Waals surface area contributed by atoms with Crippen LogP contribution in [0.2, 0.25) is 0 Å². The first-order valence-electron chi connectivity index (χ1n) is 9.60. The van der Waals surface area contributed by atoms with Crippen LogP contribution in [0.25, 0.3) is 0 Å². The summed E-state index contributed by atoms with van der Waals surface area (Å²) in [6.07, 6.45) is -0.212. The molecule has 0 spiro atoms. The second-order valence-electron chi connectivity index (χ2n) is 6.44. The lowest BCUT2D eigenvalue weighted by atomic mass is 10.3. The van der Waals surface area contributed by atoms with Crippen molar-refractivity contribution in [2.24, 2.45) is 7.05 Å². The molecule has 1 amide bonds. The summed E-state index contributed by atoms with van der Waals surface area (Å²) in [5, 5.41) is 13.9. The number of hydrogen-bond acceptors (Lipinski definition) is 9. The van der Waals surface area contributed by atoms with E-state index in [2.05, 4.69) is 20.5 Å². The average Bonchev–Trinajstić information content (AvgIpc) is 3.33. The van der Waals surface area contributed by atoms with Crippen LogP contribution < -0.4 is 10.1 Å². The van der Waals surface area contributed by atoms with Gasteiger partial charge in [0, 0.05) is 12.4 Å². The van der Waals surface area contributed by atoms with Crippen molar-refractivity contribution in [1.82, 2.24) is 19.7 Å². The molecule has 0 saturated carbocycles. The fourth-order valence-corrected chi connectivity index (χ4v) is 4.10. The summed E-state index contributed by atoms with van der Waals surface area (Å²) >= 11 is 2.53. The Labute approximate surface area is 188 Å². The molecule has 1 aromatic carbocycles. The van der Waals surface area contributed by atoms with Crippen LogP contribution in [0.1, 0.15) is 31.5 Å². The van der Waals surface area contributed by atoms with Gasteiger partial charge in [0.2, 0.25) is 5.91 Å². The molecule has 1 atom stereocenters. The van der Waals surface area contributed by atoms with Gasteiger partial charge in [0.25, 0.3) is 0 Å². The van der Waals surface area contributed by atoms with Crippen LogP contribution in [0.4, 0.5) is 5.13 Å². The Morgan fingerprint density at radius 3 is 2.77 bits per heavy atom. The van der Waals surface area contributed by atoms with Gasteiger partial charge in [0.15, 0.2) is 22.2 Å². The van der Waals surface area contributed by atoms with Gasteiger partial charge in [-0.3, -0.25) is 9.59 Å². The highest BCUT2D eigenvalue weighted by Gasteiger charge is 2.18. The normalized spacial score (nSPS) is 11.7. The number of benzene rings is 1. The predicted molar refractivity (Wildman–Crippen MR) is 118 cm³/mol. The molecule has 0 saturated heterocycles. The molecule has 0 radical (unpaired) electrons. The molecule has 0 aliphatic heterocycles. The van der Waals surface area contributed by atoms with Crippen molar-refractivity contribution in [3.8, 4) is 5.75 Å². The molecule has 164 valence electrons. The minimum absolute atomic E-state index is 0.0832. The summed E-state index contributed by atoms with van der Waals surface area (Å²) in [4.78, 5) is 28.0. The van der Waals surface area contributed by atoms with Crippen molar-refractivity contribution in [2.45, 2.75) is 31.5 Å². The zero-order chi connectivity index (χ0) is 22.2. The number of nitrogens with one attached hydrogen (secondary N) is 1. The molecule has 1 N–H and O–H groups in total. The summed E-state index contributed by atoms with van der Waals surface area (Å²) in [6.45, 7) is 3.97. The number of thiazole rings is 1. The molecule has 2 heterocycles. The fraction of sp³-hybridized carbons (Fsp3) is 0.350. The maximum atomic E-state index is 12.3. The van der Waals surface area contributed by atoms with Crippen LogP contribution in [-0.2, 0) is 27.8 Å². The van der Waals surface area contributed by atoms with Crippen LogP contribution in [-0.4, -0.2) is 44.0 Å². The molecule has 31 heavy (non-hydrogen) atoms. The Morgan fingerprint density at radius 1 is 1.26 bits per heavy atom. The summed E-state index contributed by atoms with van der Waals surface area (Å²) in [6, 6.07) is 9.49. The highest BCUT2D eigenvalue weighted by Crippen LogP contribution is 2.24. The molecular weight excluding hydrogens is 438 g/mol. The van der Waals surface area contributed by atoms with Crippen LogP contribution >= 0.6 is 23.1 Å². The number of para-hydroxylation sites is 1. The van der Waals surface area contributed by atoms with Crippen LogP contribution in [0.15, 0.2) is 40.9 Å². The smallest absolute Gasteiger partial charge is 0.311 e. The molecule has 3 rings (SSSR count). The van der Waals surface area contributed by atoms with Crippen molar-refractivity contribution in [1.29, 1.82) is 0 Å². The number of nitrogens with zero attached hydrogens (tertiary/aromatic N) is 4. The number of rotatable bonds is 10. The Balaban J connectivity index is 1.50. The van der Waals surface area contributed by atoms with Crippen LogP contribution in [0.3, 0.4) is 0 Å². The van der Waals surface area contributed by atoms with E-state index < -0.39 is 0 Å². The summed E-state index contributed by atoms with van der Waals surface area (Å²) in [7, 11) is 1.84. The van der Waals surface area contributed by atoms with Crippen molar-refractivity contribution in [3.63, 3.8) is 0 Å². The number of thioether (sulfide) groups is 1. The maximum absolute atomic E-state index is 12.3. The molecule has 2 aromatic heterocycles. The van der Waals surface area contributed by atoms with Crippen LogP contribution in [0, 0.1) is 0 Å². The molecule has 3 aromatic rings. The van der Waals surface area contributed by atoms with Gasteiger partial charge in [-0.05, 0) is 26.0 Å². The van der Waals surface area contributed by atoms with E-state index in [-0.39, 0.29) is 30.2 Å². The first-order valence-corrected chi connectivity index (χ1v) is 11.5. The lowest BCUT2D eigenvalue weighted by molar-refractivity contribution is -0.142. The zero-order valence-corrected chi connectivity index (χ0v) is 19.0. The molecule has 1 unspecified atom stereocenters.